The maximum atomic E-state index is 14.1. The molecule has 0 saturated carbocycles. The summed E-state index contributed by atoms with van der Waals surface area (Å²) in [7, 11) is 0. The lowest BCUT2D eigenvalue weighted by Gasteiger charge is -2.36. The Balaban J connectivity index is 1.35. The van der Waals surface area contributed by atoms with Gasteiger partial charge in [-0.2, -0.15) is 22.7 Å². The van der Waals surface area contributed by atoms with Crippen molar-refractivity contribution in [2.75, 3.05) is 49.6 Å². The van der Waals surface area contributed by atoms with E-state index < -0.39 is 29.1 Å². The molecule has 0 aliphatic carbocycles. The predicted octanol–water partition coefficient (Wildman–Crippen LogP) is 3.05. The number of aromatic hydroxyl groups is 1. The molecule has 0 bridgehead atoms. The molecule has 254 valence electrons. The highest BCUT2D eigenvalue weighted by Gasteiger charge is 2.35. The van der Waals surface area contributed by atoms with Crippen LogP contribution < -0.4 is 15.8 Å². The van der Waals surface area contributed by atoms with Crippen LogP contribution in [0.2, 0.25) is 0 Å². The molecule has 6 heterocycles. The molecule has 2 N–H and O–H groups in total. The topological polar surface area (TPSA) is 160 Å². The first-order valence-corrected chi connectivity index (χ1v) is 16.0. The van der Waals surface area contributed by atoms with E-state index in [2.05, 4.69) is 25.4 Å². The van der Waals surface area contributed by atoms with Gasteiger partial charge >= 0.3 is 6.18 Å². The Labute approximate surface area is 275 Å². The zero-order chi connectivity index (χ0) is 34.3. The lowest BCUT2D eigenvalue weighted by molar-refractivity contribution is -0.137. The Bertz CT molecular complexity index is 1990. The molecule has 0 spiro atoms. The second kappa shape index (κ2) is 13.0. The van der Waals surface area contributed by atoms with E-state index in [1.54, 1.807) is 11.5 Å². The van der Waals surface area contributed by atoms with Crippen molar-refractivity contribution in [1.82, 2.24) is 34.0 Å². The number of hydrogen-bond acceptors (Lipinski definition) is 11. The van der Waals surface area contributed by atoms with Gasteiger partial charge in [0.1, 0.15) is 18.6 Å². The largest absolute Gasteiger partial charge is 0.504 e. The van der Waals surface area contributed by atoms with Gasteiger partial charge in [-0.25, -0.2) is 9.97 Å². The van der Waals surface area contributed by atoms with E-state index in [0.29, 0.717) is 37.6 Å². The number of rotatable bonds is 7. The van der Waals surface area contributed by atoms with E-state index in [9.17, 15) is 32.7 Å². The number of ether oxygens (including phenoxy) is 1. The van der Waals surface area contributed by atoms with Gasteiger partial charge in [0.05, 0.1) is 35.2 Å². The van der Waals surface area contributed by atoms with E-state index in [1.165, 1.54) is 18.2 Å². The Morgan fingerprint density at radius 3 is 2.54 bits per heavy atom. The highest BCUT2D eigenvalue weighted by Crippen LogP contribution is 2.38. The number of carbonyl (C=O) groups is 2. The van der Waals surface area contributed by atoms with Crippen LogP contribution in [0, 0.1) is 13.8 Å². The molecular weight excluding hydrogens is 655 g/mol. The number of aryl methyl sites for hydroxylation is 2. The zero-order valence-electron chi connectivity index (χ0n) is 26.3. The molecule has 14 nitrogen and oxygen atoms in total. The van der Waals surface area contributed by atoms with Crippen LogP contribution in [0.25, 0.3) is 11.4 Å². The number of amides is 2. The molecule has 6 rings (SSSR count). The Morgan fingerprint density at radius 1 is 1.15 bits per heavy atom. The molecular formula is C30H32F3N9O5S. The highest BCUT2D eigenvalue weighted by atomic mass is 32.1. The van der Waals surface area contributed by atoms with Crippen molar-refractivity contribution in [1.29, 1.82) is 0 Å². The van der Waals surface area contributed by atoms with Crippen LogP contribution in [0.15, 0.2) is 23.3 Å². The summed E-state index contributed by atoms with van der Waals surface area (Å²) >= 11 is 0.820. The van der Waals surface area contributed by atoms with Gasteiger partial charge in [-0.15, -0.1) is 16.4 Å². The summed E-state index contributed by atoms with van der Waals surface area (Å²) in [5, 5.41) is 17.5. The summed E-state index contributed by atoms with van der Waals surface area (Å²) < 4.78 is 48.3. The van der Waals surface area contributed by atoms with Gasteiger partial charge in [0, 0.05) is 31.1 Å². The van der Waals surface area contributed by atoms with Gasteiger partial charge < -0.3 is 29.5 Å². The second-order valence-electron chi connectivity index (χ2n) is 11.3. The fourth-order valence-corrected chi connectivity index (χ4v) is 6.80. The van der Waals surface area contributed by atoms with Crippen LogP contribution in [0.1, 0.15) is 51.5 Å². The summed E-state index contributed by atoms with van der Waals surface area (Å²) in [6.45, 7) is 6.08. The number of thiophene rings is 1. The number of aromatic nitrogens is 6. The van der Waals surface area contributed by atoms with Gasteiger partial charge in [0.2, 0.25) is 11.7 Å². The van der Waals surface area contributed by atoms with Gasteiger partial charge in [0.25, 0.3) is 11.5 Å². The number of halogens is 3. The molecule has 1 saturated heterocycles. The minimum absolute atomic E-state index is 0.0228. The maximum Gasteiger partial charge on any atom is 0.417 e. The first kappa shape index (κ1) is 33.1. The van der Waals surface area contributed by atoms with Gasteiger partial charge in [-0.05, 0) is 38.3 Å². The van der Waals surface area contributed by atoms with Crippen LogP contribution in [0.4, 0.5) is 23.9 Å². The molecule has 4 aromatic rings. The summed E-state index contributed by atoms with van der Waals surface area (Å²) in [5.74, 6) is -0.955. The summed E-state index contributed by atoms with van der Waals surface area (Å²) in [4.78, 5) is 56.5. The van der Waals surface area contributed by atoms with Crippen molar-refractivity contribution >= 4 is 45.2 Å². The van der Waals surface area contributed by atoms with Crippen molar-refractivity contribution in [2.24, 2.45) is 0 Å². The van der Waals surface area contributed by atoms with E-state index in [0.717, 1.165) is 27.5 Å². The number of nitrogens with zero attached hydrogens (tertiary/aromatic N) is 8. The van der Waals surface area contributed by atoms with Gasteiger partial charge in [-0.3, -0.25) is 14.4 Å². The normalized spacial score (nSPS) is 15.6. The first-order valence-electron chi connectivity index (χ1n) is 15.2. The molecule has 18 heteroatoms. The summed E-state index contributed by atoms with van der Waals surface area (Å²) in [6, 6.07) is 0.904. The number of anilines is 2. The number of piperazine rings is 1. The smallest absolute Gasteiger partial charge is 0.417 e. The zero-order valence-corrected chi connectivity index (χ0v) is 27.1. The predicted molar refractivity (Wildman–Crippen MR) is 169 cm³/mol. The molecule has 0 atom stereocenters. The number of nitrogens with one attached hydrogen (secondary N) is 1. The fourth-order valence-electron chi connectivity index (χ4n) is 5.85. The Morgan fingerprint density at radius 2 is 1.90 bits per heavy atom. The minimum atomic E-state index is -4.56. The lowest BCUT2D eigenvalue weighted by Crippen LogP contribution is -2.51. The SMILES string of the molecule is CCc1c(N2CCN(C(=O)c3ncnc(C)c3O)CC2)c(=O)n2nc(C3=CCOCC3)nc2n1CC(=O)Nc1cc(C(F)(F)F)c(C)s1. The first-order chi connectivity index (χ1) is 22.9. The van der Waals surface area contributed by atoms with E-state index >= 15 is 0 Å². The number of carbonyl (C=O) groups excluding carboxylic acids is 2. The number of alkyl halides is 3. The maximum absolute atomic E-state index is 14.1. The highest BCUT2D eigenvalue weighted by molar-refractivity contribution is 7.16. The average molecular weight is 688 g/mol. The molecule has 2 amide bonds. The van der Waals surface area contributed by atoms with Crippen LogP contribution in [0.5, 0.6) is 5.75 Å². The standard InChI is InChI=1S/C30H32F3N9O5S/c1-4-20-24(39-7-9-40(10-8-39)27(45)23-25(44)16(2)34-15-35-23)28(46)42-29(37-26(38-42)18-5-11-47-12-6-18)41(20)14-21(43)36-22-13-19(17(3)48-22)30(31,32)33/h5,13,15,44H,4,6-12,14H2,1-3H3,(H,36,43). The lowest BCUT2D eigenvalue weighted by atomic mass is 10.1. The van der Waals surface area contributed by atoms with E-state index in [-0.39, 0.29) is 71.2 Å². The number of fused-ring (bicyclic) bond motifs is 1. The molecule has 2 aliphatic heterocycles. The Hall–Kier alpha value is -4.84. The van der Waals surface area contributed by atoms with Crippen molar-refractivity contribution in [3.63, 3.8) is 0 Å². The van der Waals surface area contributed by atoms with Crippen molar-refractivity contribution in [3.05, 3.63) is 62.2 Å². The average Bonchev–Trinajstić information content (AvgIpc) is 3.68. The van der Waals surface area contributed by atoms with Gasteiger partial charge in [-0.1, -0.05) is 13.0 Å². The second-order valence-corrected chi connectivity index (χ2v) is 12.6. The summed E-state index contributed by atoms with van der Waals surface area (Å²) in [6.07, 6.45) is -0.700. The summed E-state index contributed by atoms with van der Waals surface area (Å²) in [5.41, 5.74) is 0.414. The van der Waals surface area contributed by atoms with Crippen molar-refractivity contribution < 1.29 is 32.6 Å². The molecule has 2 aliphatic rings. The molecule has 1 fully saturated rings. The van der Waals surface area contributed by atoms with Crippen molar-refractivity contribution in [2.45, 2.75) is 46.3 Å². The van der Waals surface area contributed by atoms with Gasteiger partial charge in [0.15, 0.2) is 17.3 Å². The van der Waals surface area contributed by atoms with E-state index in [4.69, 9.17) is 4.74 Å². The third kappa shape index (κ3) is 6.24. The van der Waals surface area contributed by atoms with Crippen molar-refractivity contribution in [3.8, 4) is 5.75 Å². The Kier molecular flexibility index (Phi) is 8.95. The molecule has 4 aromatic heterocycles. The van der Waals surface area contributed by atoms with E-state index in [1.807, 2.05) is 17.9 Å². The molecule has 0 unspecified atom stereocenters. The fraction of sp³-hybridized carbons (Fsp3) is 0.433. The molecule has 48 heavy (non-hydrogen) atoms. The van der Waals surface area contributed by atoms with Crippen LogP contribution in [-0.4, -0.2) is 90.3 Å². The van der Waals surface area contributed by atoms with Crippen LogP contribution >= 0.6 is 11.3 Å². The molecule has 0 radical (unpaired) electrons. The number of hydrogen-bond donors (Lipinski definition) is 2. The van der Waals surface area contributed by atoms with Crippen LogP contribution in [-0.2, 0) is 28.7 Å². The third-order valence-corrected chi connectivity index (χ3v) is 9.26. The quantitative estimate of drug-likeness (QED) is 0.296. The third-order valence-electron chi connectivity index (χ3n) is 8.29. The minimum Gasteiger partial charge on any atom is -0.504 e. The molecule has 0 aromatic carbocycles. The van der Waals surface area contributed by atoms with Crippen LogP contribution in [0.3, 0.4) is 0 Å². The monoisotopic (exact) mass is 687 g/mol.